The summed E-state index contributed by atoms with van der Waals surface area (Å²) in [7, 11) is 0. The van der Waals surface area contributed by atoms with E-state index >= 15 is 0 Å². The molecule has 0 aliphatic heterocycles. The second kappa shape index (κ2) is 19.2. The quantitative estimate of drug-likeness (QED) is 0.0667. The number of unbranched alkanes of at least 4 members (excludes halogenated alkanes) is 3. The van der Waals surface area contributed by atoms with Crippen LogP contribution in [0.2, 0.25) is 0 Å². The first-order chi connectivity index (χ1) is 26.1. The van der Waals surface area contributed by atoms with Gasteiger partial charge in [0.05, 0.1) is 6.61 Å². The first-order valence-corrected chi connectivity index (χ1v) is 18.7. The van der Waals surface area contributed by atoms with E-state index in [4.69, 9.17) is 18.9 Å². The lowest BCUT2D eigenvalue weighted by Crippen LogP contribution is -2.08. The van der Waals surface area contributed by atoms with E-state index in [-0.39, 0.29) is 17.9 Å². The molecule has 6 aromatic rings. The SMILES string of the molecule is CCCc1c(OCCCCCCc2ccc3cc(OCc4ccccc4)c(OCc4ccccc4)cc3c2)ccc(C(=O)OCc2ccccc2)c1O. The summed E-state index contributed by atoms with van der Waals surface area (Å²) in [4.78, 5) is 12.8. The molecule has 1 N–H and O–H groups in total. The van der Waals surface area contributed by atoms with E-state index in [0.29, 0.717) is 37.6 Å². The summed E-state index contributed by atoms with van der Waals surface area (Å²) >= 11 is 0. The molecule has 0 saturated carbocycles. The molecule has 6 heteroatoms. The third-order valence-corrected chi connectivity index (χ3v) is 9.23. The molecule has 0 saturated heterocycles. The Labute approximate surface area is 312 Å². The number of hydrogen-bond donors (Lipinski definition) is 1. The van der Waals surface area contributed by atoms with Crippen molar-refractivity contribution in [3.8, 4) is 23.0 Å². The van der Waals surface area contributed by atoms with Crippen molar-refractivity contribution in [2.45, 2.75) is 71.7 Å². The van der Waals surface area contributed by atoms with Crippen molar-refractivity contribution in [3.63, 3.8) is 0 Å². The average Bonchev–Trinajstić information content (AvgIpc) is 3.20. The Hall–Kier alpha value is -5.75. The second-order valence-corrected chi connectivity index (χ2v) is 13.3. The summed E-state index contributed by atoms with van der Waals surface area (Å²) in [6.45, 7) is 3.67. The Morgan fingerprint density at radius 1 is 0.528 bits per heavy atom. The Kier molecular flexibility index (Phi) is 13.4. The van der Waals surface area contributed by atoms with E-state index in [1.54, 1.807) is 12.1 Å². The van der Waals surface area contributed by atoms with Crippen molar-refractivity contribution in [1.29, 1.82) is 0 Å². The number of phenolic OH excluding ortho intramolecular Hbond substituents is 1. The highest BCUT2D eigenvalue weighted by Gasteiger charge is 2.20. The summed E-state index contributed by atoms with van der Waals surface area (Å²) in [5.74, 6) is 1.50. The molecule has 0 spiro atoms. The van der Waals surface area contributed by atoms with Crippen LogP contribution in [0.25, 0.3) is 10.8 Å². The van der Waals surface area contributed by atoms with Crippen LogP contribution in [-0.2, 0) is 37.4 Å². The molecule has 0 atom stereocenters. The molecular weight excluding hydrogens is 661 g/mol. The van der Waals surface area contributed by atoms with Crippen LogP contribution in [0.5, 0.6) is 23.0 Å². The Morgan fingerprint density at radius 2 is 1.11 bits per heavy atom. The predicted molar refractivity (Wildman–Crippen MR) is 211 cm³/mol. The lowest BCUT2D eigenvalue weighted by molar-refractivity contribution is 0.0469. The molecule has 6 rings (SSSR count). The predicted octanol–water partition coefficient (Wildman–Crippen LogP) is 11.2. The lowest BCUT2D eigenvalue weighted by atomic mass is 10.0. The minimum atomic E-state index is -0.545. The Balaban J connectivity index is 0.998. The number of hydrogen-bond acceptors (Lipinski definition) is 6. The number of carbonyl (C=O) groups excluding carboxylic acids is 1. The van der Waals surface area contributed by atoms with E-state index in [1.165, 1.54) is 5.56 Å². The van der Waals surface area contributed by atoms with Crippen LogP contribution in [0.4, 0.5) is 0 Å². The van der Waals surface area contributed by atoms with Crippen molar-refractivity contribution in [3.05, 3.63) is 167 Å². The van der Waals surface area contributed by atoms with Gasteiger partial charge in [-0.05, 0) is 83.0 Å². The molecule has 0 heterocycles. The smallest absolute Gasteiger partial charge is 0.342 e. The zero-order chi connectivity index (χ0) is 36.7. The van der Waals surface area contributed by atoms with Gasteiger partial charge in [-0.1, -0.05) is 135 Å². The molecule has 0 radical (unpaired) electrons. The lowest BCUT2D eigenvalue weighted by Gasteiger charge is -2.15. The van der Waals surface area contributed by atoms with Crippen LogP contribution in [0.15, 0.2) is 133 Å². The second-order valence-electron chi connectivity index (χ2n) is 13.3. The van der Waals surface area contributed by atoms with Crippen molar-refractivity contribution in [1.82, 2.24) is 0 Å². The summed E-state index contributed by atoms with van der Waals surface area (Å²) in [5.41, 5.74) is 5.22. The van der Waals surface area contributed by atoms with E-state index in [9.17, 15) is 9.90 Å². The molecule has 0 aliphatic rings. The van der Waals surface area contributed by atoms with Crippen LogP contribution in [-0.4, -0.2) is 17.7 Å². The number of benzene rings is 6. The summed E-state index contributed by atoms with van der Waals surface area (Å²) in [5, 5.41) is 13.2. The zero-order valence-corrected chi connectivity index (χ0v) is 30.5. The van der Waals surface area contributed by atoms with E-state index in [2.05, 4.69) is 54.6 Å². The molecule has 0 bridgehead atoms. The van der Waals surface area contributed by atoms with Gasteiger partial charge in [-0.25, -0.2) is 4.79 Å². The molecule has 0 amide bonds. The average molecular weight is 709 g/mol. The van der Waals surface area contributed by atoms with Gasteiger partial charge in [-0.2, -0.15) is 0 Å². The van der Waals surface area contributed by atoms with Gasteiger partial charge in [-0.15, -0.1) is 0 Å². The highest BCUT2D eigenvalue weighted by atomic mass is 16.5. The monoisotopic (exact) mass is 708 g/mol. The minimum absolute atomic E-state index is 0.0522. The van der Waals surface area contributed by atoms with Crippen LogP contribution >= 0.6 is 0 Å². The number of esters is 1. The standard InChI is InChI=1S/C47H48O6/c1-2-16-41-43(27-26-42(46(41)48)47(49)53-34-38-22-13-7-14-23-38)50-28-15-4-3-8-17-35-24-25-39-30-44(51-32-36-18-9-5-10-19-36)45(31-40(39)29-35)52-33-37-20-11-6-12-21-37/h5-7,9-14,18-27,29-31,48H,2-4,8,15-17,28,32-34H2,1H3. The first kappa shape index (κ1) is 37.0. The molecule has 6 aromatic carbocycles. The first-order valence-electron chi connectivity index (χ1n) is 18.7. The number of carbonyl (C=O) groups is 1. The summed E-state index contributed by atoms with van der Waals surface area (Å²) < 4.78 is 24.2. The van der Waals surface area contributed by atoms with E-state index < -0.39 is 5.97 Å². The maximum absolute atomic E-state index is 12.8. The van der Waals surface area contributed by atoms with E-state index in [0.717, 1.165) is 77.5 Å². The summed E-state index contributed by atoms with van der Waals surface area (Å²) in [6, 6.07) is 44.1. The Bertz CT molecular complexity index is 2040. The largest absolute Gasteiger partial charge is 0.507 e. The molecule has 6 nitrogen and oxygen atoms in total. The van der Waals surface area contributed by atoms with Gasteiger partial charge in [0.2, 0.25) is 0 Å². The van der Waals surface area contributed by atoms with Gasteiger partial charge in [0.25, 0.3) is 0 Å². The van der Waals surface area contributed by atoms with Crippen LogP contribution < -0.4 is 14.2 Å². The van der Waals surface area contributed by atoms with Gasteiger partial charge in [0.15, 0.2) is 11.5 Å². The van der Waals surface area contributed by atoms with Crippen molar-refractivity contribution in [2.75, 3.05) is 6.61 Å². The van der Waals surface area contributed by atoms with Crippen molar-refractivity contribution >= 4 is 16.7 Å². The number of phenols is 1. The van der Waals surface area contributed by atoms with Crippen molar-refractivity contribution < 1.29 is 28.8 Å². The van der Waals surface area contributed by atoms with Crippen LogP contribution in [0, 0.1) is 0 Å². The number of aromatic hydroxyl groups is 1. The minimum Gasteiger partial charge on any atom is -0.507 e. The number of fused-ring (bicyclic) bond motifs is 1. The molecule has 53 heavy (non-hydrogen) atoms. The Morgan fingerprint density at radius 3 is 1.74 bits per heavy atom. The van der Waals surface area contributed by atoms with Crippen LogP contribution in [0.3, 0.4) is 0 Å². The van der Waals surface area contributed by atoms with E-state index in [1.807, 2.05) is 73.7 Å². The molecule has 0 aliphatic carbocycles. The normalized spacial score (nSPS) is 11.0. The highest BCUT2D eigenvalue weighted by molar-refractivity contribution is 5.93. The topological polar surface area (TPSA) is 74.2 Å². The molecular formula is C47H48O6. The zero-order valence-electron chi connectivity index (χ0n) is 30.5. The van der Waals surface area contributed by atoms with Gasteiger partial charge >= 0.3 is 5.97 Å². The third-order valence-electron chi connectivity index (χ3n) is 9.23. The summed E-state index contributed by atoms with van der Waals surface area (Å²) in [6.07, 6.45) is 6.49. The van der Waals surface area contributed by atoms with Gasteiger partial charge in [0.1, 0.15) is 36.9 Å². The van der Waals surface area contributed by atoms with Crippen LogP contribution in [0.1, 0.15) is 77.2 Å². The number of aryl methyl sites for hydroxylation is 1. The third kappa shape index (κ3) is 10.6. The molecule has 272 valence electrons. The molecule has 0 unspecified atom stereocenters. The fraction of sp³-hybridized carbons (Fsp3) is 0.255. The number of rotatable bonds is 19. The highest BCUT2D eigenvalue weighted by Crippen LogP contribution is 2.35. The van der Waals surface area contributed by atoms with Crippen molar-refractivity contribution in [2.24, 2.45) is 0 Å². The maximum Gasteiger partial charge on any atom is 0.342 e. The molecule has 0 aromatic heterocycles. The fourth-order valence-electron chi connectivity index (χ4n) is 6.33. The van der Waals surface area contributed by atoms with Gasteiger partial charge < -0.3 is 24.1 Å². The van der Waals surface area contributed by atoms with Gasteiger partial charge in [-0.3, -0.25) is 0 Å². The maximum atomic E-state index is 12.8. The van der Waals surface area contributed by atoms with Gasteiger partial charge in [0, 0.05) is 5.56 Å². The number of ether oxygens (including phenoxy) is 4. The fourth-order valence-corrected chi connectivity index (χ4v) is 6.33. The molecule has 0 fully saturated rings.